The first-order chi connectivity index (χ1) is 13.2. The smallest absolute Gasteiger partial charge is 0.251 e. The molecule has 0 saturated heterocycles. The minimum absolute atomic E-state index is 0.000412. The average molecular weight is 364 g/mol. The van der Waals surface area contributed by atoms with Gasteiger partial charge in [0.25, 0.3) is 11.8 Å². The van der Waals surface area contributed by atoms with Crippen LogP contribution in [0.3, 0.4) is 0 Å². The first-order valence-electron chi connectivity index (χ1n) is 9.95. The van der Waals surface area contributed by atoms with Crippen LogP contribution in [0.15, 0.2) is 54.6 Å². The van der Waals surface area contributed by atoms with Crippen molar-refractivity contribution in [2.24, 2.45) is 0 Å². The number of carbonyl (C=O) groups excluding carboxylic acids is 2. The summed E-state index contributed by atoms with van der Waals surface area (Å²) in [4.78, 5) is 24.6. The molecule has 0 aromatic heterocycles. The molecule has 1 aliphatic carbocycles. The molecule has 0 unspecified atom stereocenters. The number of carbonyl (C=O) groups is 2. The van der Waals surface area contributed by atoms with Crippen molar-refractivity contribution in [2.75, 3.05) is 0 Å². The third-order valence-corrected chi connectivity index (χ3v) is 5.15. The van der Waals surface area contributed by atoms with Crippen molar-refractivity contribution < 1.29 is 9.59 Å². The van der Waals surface area contributed by atoms with Gasteiger partial charge in [-0.2, -0.15) is 0 Å². The zero-order valence-electron chi connectivity index (χ0n) is 15.7. The molecule has 4 nitrogen and oxygen atoms in total. The van der Waals surface area contributed by atoms with Gasteiger partial charge in [-0.1, -0.05) is 62.4 Å². The van der Waals surface area contributed by atoms with Crippen LogP contribution < -0.4 is 10.6 Å². The van der Waals surface area contributed by atoms with Gasteiger partial charge in [0, 0.05) is 23.7 Å². The van der Waals surface area contributed by atoms with Crippen molar-refractivity contribution in [3.63, 3.8) is 0 Å². The van der Waals surface area contributed by atoms with E-state index in [-0.39, 0.29) is 11.8 Å². The topological polar surface area (TPSA) is 58.2 Å². The van der Waals surface area contributed by atoms with Gasteiger partial charge >= 0.3 is 0 Å². The van der Waals surface area contributed by atoms with Crippen LogP contribution >= 0.6 is 0 Å². The van der Waals surface area contributed by atoms with E-state index >= 15 is 0 Å². The van der Waals surface area contributed by atoms with E-state index in [0.717, 1.165) is 18.4 Å². The van der Waals surface area contributed by atoms with Crippen LogP contribution in [0.2, 0.25) is 0 Å². The Balaban J connectivity index is 1.50. The molecule has 0 atom stereocenters. The Hall–Kier alpha value is -2.62. The van der Waals surface area contributed by atoms with E-state index in [9.17, 15) is 9.59 Å². The largest absolute Gasteiger partial charge is 0.349 e. The fourth-order valence-electron chi connectivity index (χ4n) is 3.52. The highest BCUT2D eigenvalue weighted by Crippen LogP contribution is 2.17. The van der Waals surface area contributed by atoms with Crippen LogP contribution in [0, 0.1) is 0 Å². The van der Waals surface area contributed by atoms with Crippen molar-refractivity contribution in [2.45, 2.75) is 57.5 Å². The van der Waals surface area contributed by atoms with Crippen LogP contribution in [0.1, 0.15) is 71.2 Å². The second-order valence-electron chi connectivity index (χ2n) is 7.26. The normalized spacial score (nSPS) is 15.4. The molecule has 2 N–H and O–H groups in total. The molecule has 2 aromatic rings. The molecule has 3 rings (SSSR count). The summed E-state index contributed by atoms with van der Waals surface area (Å²) in [6.45, 7) is 0.443. The van der Waals surface area contributed by atoms with Crippen molar-refractivity contribution in [1.82, 2.24) is 10.6 Å². The highest BCUT2D eigenvalue weighted by molar-refractivity contribution is 5.95. The summed E-state index contributed by atoms with van der Waals surface area (Å²) in [7, 11) is 0. The SMILES string of the molecule is O=C(NCc1ccc(C(=O)NC2CCCCCCC2)cc1)c1ccccc1. The molecule has 1 saturated carbocycles. The van der Waals surface area contributed by atoms with E-state index in [1.54, 1.807) is 12.1 Å². The monoisotopic (exact) mass is 364 g/mol. The molecule has 0 bridgehead atoms. The zero-order chi connectivity index (χ0) is 18.9. The third kappa shape index (κ3) is 5.95. The number of hydrogen-bond donors (Lipinski definition) is 2. The molecular formula is C23H28N2O2. The molecule has 2 aromatic carbocycles. The lowest BCUT2D eigenvalue weighted by molar-refractivity contribution is 0.0926. The van der Waals surface area contributed by atoms with E-state index in [2.05, 4.69) is 10.6 Å². The van der Waals surface area contributed by atoms with Crippen LogP contribution in [-0.4, -0.2) is 17.9 Å². The number of rotatable bonds is 5. The summed E-state index contributed by atoms with van der Waals surface area (Å²) in [5.74, 6) is -0.0952. The summed E-state index contributed by atoms with van der Waals surface area (Å²) < 4.78 is 0. The highest BCUT2D eigenvalue weighted by Gasteiger charge is 2.15. The van der Waals surface area contributed by atoms with E-state index in [1.165, 1.54) is 32.1 Å². The second kappa shape index (κ2) is 9.91. The first kappa shape index (κ1) is 19.2. The van der Waals surface area contributed by atoms with Gasteiger partial charge in [0.2, 0.25) is 0 Å². The molecule has 4 heteroatoms. The standard InChI is InChI=1S/C23H28N2O2/c26-22(19-9-5-4-6-10-19)24-17-18-13-15-20(16-14-18)23(27)25-21-11-7-2-1-3-8-12-21/h4-6,9-10,13-16,21H,1-3,7-8,11-12,17H2,(H,24,26)(H,25,27). The Morgan fingerprint density at radius 3 is 2.00 bits per heavy atom. The Morgan fingerprint density at radius 2 is 1.33 bits per heavy atom. The molecule has 2 amide bonds. The number of benzene rings is 2. The van der Waals surface area contributed by atoms with Gasteiger partial charge in [-0.05, 0) is 42.7 Å². The molecule has 0 radical (unpaired) electrons. The maximum absolute atomic E-state index is 12.5. The molecule has 0 heterocycles. The fourth-order valence-corrected chi connectivity index (χ4v) is 3.52. The molecule has 142 valence electrons. The lowest BCUT2D eigenvalue weighted by Gasteiger charge is -2.21. The van der Waals surface area contributed by atoms with Gasteiger partial charge in [0.05, 0.1) is 0 Å². The molecular weight excluding hydrogens is 336 g/mol. The number of amides is 2. The Kier molecular flexibility index (Phi) is 7.03. The average Bonchev–Trinajstić information content (AvgIpc) is 2.69. The van der Waals surface area contributed by atoms with Crippen molar-refractivity contribution in [3.8, 4) is 0 Å². The quantitative estimate of drug-likeness (QED) is 0.823. The maximum atomic E-state index is 12.5. The Bertz CT molecular complexity index is 733. The highest BCUT2D eigenvalue weighted by atomic mass is 16.2. The van der Waals surface area contributed by atoms with Crippen molar-refractivity contribution >= 4 is 11.8 Å². The summed E-state index contributed by atoms with van der Waals surface area (Å²) >= 11 is 0. The lowest BCUT2D eigenvalue weighted by atomic mass is 9.96. The molecule has 1 aliphatic rings. The predicted octanol–water partition coefficient (Wildman–Crippen LogP) is 4.46. The van der Waals surface area contributed by atoms with E-state index in [1.807, 2.05) is 42.5 Å². The Morgan fingerprint density at radius 1 is 0.741 bits per heavy atom. The van der Waals surface area contributed by atoms with Gasteiger partial charge in [-0.15, -0.1) is 0 Å². The van der Waals surface area contributed by atoms with Crippen molar-refractivity contribution in [3.05, 3.63) is 71.3 Å². The maximum Gasteiger partial charge on any atom is 0.251 e. The molecule has 27 heavy (non-hydrogen) atoms. The van der Waals surface area contributed by atoms with Gasteiger partial charge in [-0.3, -0.25) is 9.59 Å². The summed E-state index contributed by atoms with van der Waals surface area (Å²) in [6.07, 6.45) is 8.43. The first-order valence-corrected chi connectivity index (χ1v) is 9.95. The van der Waals surface area contributed by atoms with Gasteiger partial charge in [0.15, 0.2) is 0 Å². The van der Waals surface area contributed by atoms with Gasteiger partial charge in [-0.25, -0.2) is 0 Å². The Labute approximate surface area is 161 Å². The van der Waals surface area contributed by atoms with Crippen LogP contribution in [0.5, 0.6) is 0 Å². The summed E-state index contributed by atoms with van der Waals surface area (Å²) in [5, 5.41) is 6.09. The van der Waals surface area contributed by atoms with Crippen molar-refractivity contribution in [1.29, 1.82) is 0 Å². The van der Waals surface area contributed by atoms with E-state index in [0.29, 0.717) is 23.7 Å². The third-order valence-electron chi connectivity index (χ3n) is 5.15. The summed E-state index contributed by atoms with van der Waals surface area (Å²) in [6, 6.07) is 16.9. The minimum atomic E-state index is -0.0956. The van der Waals surface area contributed by atoms with Gasteiger partial charge in [0.1, 0.15) is 0 Å². The zero-order valence-corrected chi connectivity index (χ0v) is 15.7. The fraction of sp³-hybridized carbons (Fsp3) is 0.391. The second-order valence-corrected chi connectivity index (χ2v) is 7.26. The van der Waals surface area contributed by atoms with Crippen LogP contribution in [0.4, 0.5) is 0 Å². The number of hydrogen-bond acceptors (Lipinski definition) is 2. The van der Waals surface area contributed by atoms with Crippen LogP contribution in [-0.2, 0) is 6.54 Å². The summed E-state index contributed by atoms with van der Waals surface area (Å²) in [5.41, 5.74) is 2.30. The lowest BCUT2D eigenvalue weighted by Crippen LogP contribution is -2.35. The van der Waals surface area contributed by atoms with E-state index in [4.69, 9.17) is 0 Å². The minimum Gasteiger partial charge on any atom is -0.349 e. The molecule has 0 spiro atoms. The van der Waals surface area contributed by atoms with Crippen LogP contribution in [0.25, 0.3) is 0 Å². The molecule has 0 aliphatic heterocycles. The predicted molar refractivity (Wildman–Crippen MR) is 108 cm³/mol. The van der Waals surface area contributed by atoms with Gasteiger partial charge < -0.3 is 10.6 Å². The van der Waals surface area contributed by atoms with E-state index < -0.39 is 0 Å². The number of nitrogens with one attached hydrogen (secondary N) is 2. The molecule has 1 fully saturated rings.